The molecule has 1 aromatic heterocycles. The van der Waals surface area contributed by atoms with E-state index in [1.165, 1.54) is 0 Å². The summed E-state index contributed by atoms with van der Waals surface area (Å²) in [6.45, 7) is 2.04. The molecule has 0 saturated heterocycles. The van der Waals surface area contributed by atoms with Gasteiger partial charge in [0.05, 0.1) is 6.61 Å². The van der Waals surface area contributed by atoms with E-state index in [4.69, 9.17) is 15.2 Å². The fraction of sp³-hybridized carbons (Fsp3) is 0.320. The van der Waals surface area contributed by atoms with Crippen LogP contribution in [0.1, 0.15) is 30.9 Å². The number of aromatic nitrogens is 1. The second-order valence-corrected chi connectivity index (χ2v) is 7.67. The second kappa shape index (κ2) is 11.8. The predicted octanol–water partition coefficient (Wildman–Crippen LogP) is 2.61. The number of para-hydroxylation sites is 1. The zero-order valence-corrected chi connectivity index (χ0v) is 18.6. The van der Waals surface area contributed by atoms with Crippen LogP contribution in [0.3, 0.4) is 0 Å². The molecule has 174 valence electrons. The van der Waals surface area contributed by atoms with E-state index in [-0.39, 0.29) is 38.4 Å². The average Bonchev–Trinajstić information content (AvgIpc) is 3.24. The molecular formula is C25H29N3O5. The quantitative estimate of drug-likeness (QED) is 0.385. The first-order valence-electron chi connectivity index (χ1n) is 10.9. The highest BCUT2D eigenvalue weighted by Gasteiger charge is 2.25. The lowest BCUT2D eigenvalue weighted by Gasteiger charge is -2.18. The van der Waals surface area contributed by atoms with Crippen LogP contribution in [0, 0.1) is 0 Å². The molecule has 0 aliphatic rings. The van der Waals surface area contributed by atoms with E-state index in [0.29, 0.717) is 0 Å². The van der Waals surface area contributed by atoms with Crippen LogP contribution >= 0.6 is 0 Å². The van der Waals surface area contributed by atoms with Crippen LogP contribution < -0.4 is 11.1 Å². The van der Waals surface area contributed by atoms with Crippen LogP contribution in [-0.2, 0) is 36.9 Å². The van der Waals surface area contributed by atoms with Gasteiger partial charge in [0, 0.05) is 29.9 Å². The van der Waals surface area contributed by atoms with Gasteiger partial charge >= 0.3 is 11.9 Å². The molecule has 2 unspecified atom stereocenters. The lowest BCUT2D eigenvalue weighted by atomic mass is 10.0. The van der Waals surface area contributed by atoms with Crippen molar-refractivity contribution in [3.05, 3.63) is 71.9 Å². The predicted molar refractivity (Wildman–Crippen MR) is 124 cm³/mol. The fourth-order valence-electron chi connectivity index (χ4n) is 3.46. The van der Waals surface area contributed by atoms with E-state index in [2.05, 4.69) is 10.3 Å². The Labute approximate surface area is 192 Å². The number of esters is 2. The molecule has 8 nitrogen and oxygen atoms in total. The summed E-state index contributed by atoms with van der Waals surface area (Å²) in [6.07, 6.45) is 2.18. The highest BCUT2D eigenvalue weighted by molar-refractivity contribution is 5.87. The molecule has 8 heteroatoms. The standard InChI is InChI=1S/C25H29N3O5/c1-2-32-25(31)22(14-18-15-27-21-11-7-6-10-19(18)21)28-23(29)13-12-20(26)24(30)33-16-17-8-4-3-5-9-17/h3-11,15,20,22,27H,2,12-14,16,26H2,1H3,(H,28,29). The minimum absolute atomic E-state index is 0.0224. The van der Waals surface area contributed by atoms with Gasteiger partial charge in [0.1, 0.15) is 18.7 Å². The number of amides is 1. The Morgan fingerprint density at radius 1 is 1.00 bits per heavy atom. The van der Waals surface area contributed by atoms with Crippen molar-refractivity contribution in [2.24, 2.45) is 5.73 Å². The Bertz CT molecular complexity index is 1080. The van der Waals surface area contributed by atoms with Crippen molar-refractivity contribution in [2.75, 3.05) is 6.61 Å². The molecular weight excluding hydrogens is 422 g/mol. The molecule has 0 saturated carbocycles. The molecule has 0 bridgehead atoms. The zero-order chi connectivity index (χ0) is 23.6. The molecule has 2 aromatic carbocycles. The topological polar surface area (TPSA) is 124 Å². The van der Waals surface area contributed by atoms with Gasteiger partial charge in [-0.1, -0.05) is 48.5 Å². The van der Waals surface area contributed by atoms with E-state index < -0.39 is 24.0 Å². The summed E-state index contributed by atoms with van der Waals surface area (Å²) in [4.78, 5) is 40.3. The number of hydrogen-bond acceptors (Lipinski definition) is 6. The SMILES string of the molecule is CCOC(=O)C(Cc1c[nH]c2ccccc12)NC(=O)CCC(N)C(=O)OCc1ccccc1. The Hall–Kier alpha value is -3.65. The van der Waals surface area contributed by atoms with Gasteiger partial charge in [0.15, 0.2) is 0 Å². The Morgan fingerprint density at radius 3 is 2.48 bits per heavy atom. The number of fused-ring (bicyclic) bond motifs is 1. The number of nitrogens with two attached hydrogens (primary N) is 1. The summed E-state index contributed by atoms with van der Waals surface area (Å²) in [6, 6.07) is 15.2. The summed E-state index contributed by atoms with van der Waals surface area (Å²) < 4.78 is 10.4. The Morgan fingerprint density at radius 2 is 1.73 bits per heavy atom. The number of hydrogen-bond donors (Lipinski definition) is 3. The number of rotatable bonds is 11. The van der Waals surface area contributed by atoms with Gasteiger partial charge in [0.2, 0.25) is 5.91 Å². The van der Waals surface area contributed by atoms with Gasteiger partial charge in [0.25, 0.3) is 0 Å². The first-order valence-corrected chi connectivity index (χ1v) is 10.9. The molecule has 0 fully saturated rings. The molecule has 0 aliphatic carbocycles. The number of benzene rings is 2. The minimum atomic E-state index is -0.936. The number of nitrogens with one attached hydrogen (secondary N) is 2. The van der Waals surface area contributed by atoms with Crippen molar-refractivity contribution < 1.29 is 23.9 Å². The summed E-state index contributed by atoms with van der Waals surface area (Å²) in [5.41, 5.74) is 8.58. The smallest absolute Gasteiger partial charge is 0.328 e. The average molecular weight is 452 g/mol. The summed E-state index contributed by atoms with van der Waals surface area (Å²) in [5, 5.41) is 3.70. The third-order valence-electron chi connectivity index (χ3n) is 5.21. The number of carbonyl (C=O) groups is 3. The van der Waals surface area contributed by atoms with E-state index in [1.807, 2.05) is 60.8 Å². The molecule has 3 rings (SSSR count). The molecule has 2 atom stereocenters. The van der Waals surface area contributed by atoms with Crippen LogP contribution in [-0.4, -0.2) is 41.5 Å². The number of ether oxygens (including phenoxy) is 2. The molecule has 1 amide bonds. The maximum atomic E-state index is 12.5. The highest BCUT2D eigenvalue weighted by atomic mass is 16.5. The van der Waals surface area contributed by atoms with E-state index in [9.17, 15) is 14.4 Å². The van der Waals surface area contributed by atoms with E-state index in [1.54, 1.807) is 6.92 Å². The van der Waals surface area contributed by atoms with Crippen LogP contribution in [0.5, 0.6) is 0 Å². The molecule has 1 heterocycles. The first kappa shape index (κ1) is 24.0. The zero-order valence-electron chi connectivity index (χ0n) is 18.6. The minimum Gasteiger partial charge on any atom is -0.464 e. The maximum absolute atomic E-state index is 12.5. The van der Waals surface area contributed by atoms with Gasteiger partial charge in [-0.3, -0.25) is 9.59 Å². The maximum Gasteiger partial charge on any atom is 0.328 e. The Kier molecular flexibility index (Phi) is 8.60. The number of aromatic amines is 1. The first-order chi connectivity index (χ1) is 16.0. The van der Waals surface area contributed by atoms with E-state index in [0.717, 1.165) is 22.0 Å². The fourth-order valence-corrected chi connectivity index (χ4v) is 3.46. The molecule has 0 aliphatic heterocycles. The summed E-state index contributed by atoms with van der Waals surface area (Å²) >= 11 is 0. The molecule has 0 radical (unpaired) electrons. The van der Waals surface area contributed by atoms with Gasteiger partial charge in [-0.25, -0.2) is 4.79 Å². The molecule has 3 aromatic rings. The van der Waals surface area contributed by atoms with Crippen LogP contribution in [0.4, 0.5) is 0 Å². The van der Waals surface area contributed by atoms with Crippen molar-refractivity contribution in [1.29, 1.82) is 0 Å². The lowest BCUT2D eigenvalue weighted by Crippen LogP contribution is -2.44. The molecule has 33 heavy (non-hydrogen) atoms. The summed E-state index contributed by atoms with van der Waals surface area (Å²) in [7, 11) is 0. The summed E-state index contributed by atoms with van der Waals surface area (Å²) in [5.74, 6) is -1.48. The molecule has 0 spiro atoms. The third-order valence-corrected chi connectivity index (χ3v) is 5.21. The monoisotopic (exact) mass is 451 g/mol. The van der Waals surface area contributed by atoms with E-state index >= 15 is 0 Å². The third kappa shape index (κ3) is 6.92. The lowest BCUT2D eigenvalue weighted by molar-refractivity contribution is -0.148. The van der Waals surface area contributed by atoms with Crippen LogP contribution in [0.15, 0.2) is 60.8 Å². The number of H-pyrrole nitrogens is 1. The van der Waals surface area contributed by atoms with Crippen molar-refractivity contribution >= 4 is 28.7 Å². The van der Waals surface area contributed by atoms with Crippen molar-refractivity contribution in [3.8, 4) is 0 Å². The highest BCUT2D eigenvalue weighted by Crippen LogP contribution is 2.19. The Balaban J connectivity index is 1.53. The normalized spacial score (nSPS) is 12.7. The largest absolute Gasteiger partial charge is 0.464 e. The van der Waals surface area contributed by atoms with Gasteiger partial charge in [-0.2, -0.15) is 0 Å². The van der Waals surface area contributed by atoms with Crippen LogP contribution in [0.25, 0.3) is 10.9 Å². The number of carbonyl (C=O) groups excluding carboxylic acids is 3. The van der Waals surface area contributed by atoms with Gasteiger partial charge in [-0.05, 0) is 30.5 Å². The van der Waals surface area contributed by atoms with Gasteiger partial charge < -0.3 is 25.5 Å². The van der Waals surface area contributed by atoms with Gasteiger partial charge in [-0.15, -0.1) is 0 Å². The van der Waals surface area contributed by atoms with Crippen molar-refractivity contribution in [2.45, 2.75) is 44.9 Å². The van der Waals surface area contributed by atoms with Crippen molar-refractivity contribution in [3.63, 3.8) is 0 Å². The van der Waals surface area contributed by atoms with Crippen molar-refractivity contribution in [1.82, 2.24) is 10.3 Å². The van der Waals surface area contributed by atoms with Crippen LogP contribution in [0.2, 0.25) is 0 Å². The molecule has 4 N–H and O–H groups in total. The second-order valence-electron chi connectivity index (χ2n) is 7.67.